The summed E-state index contributed by atoms with van der Waals surface area (Å²) in [5.41, 5.74) is 1.59. The second-order valence-electron chi connectivity index (χ2n) is 6.71. The Morgan fingerprint density at radius 1 is 1.23 bits per heavy atom. The zero-order valence-corrected chi connectivity index (χ0v) is 14.7. The van der Waals surface area contributed by atoms with E-state index in [0.29, 0.717) is 5.82 Å². The van der Waals surface area contributed by atoms with Crippen LogP contribution in [0.4, 0.5) is 11.6 Å². The predicted octanol–water partition coefficient (Wildman–Crippen LogP) is 2.10. The molecule has 8 nitrogen and oxygen atoms in total. The number of aromatic nitrogens is 5. The number of carbonyl (C=O) groups is 1. The smallest absolute Gasteiger partial charge is 0.247 e. The van der Waals surface area contributed by atoms with Crippen molar-refractivity contribution in [2.75, 3.05) is 23.3 Å². The van der Waals surface area contributed by atoms with Gasteiger partial charge in [-0.15, -0.1) is 5.10 Å². The maximum Gasteiger partial charge on any atom is 0.247 e. The maximum absolute atomic E-state index is 12.4. The van der Waals surface area contributed by atoms with Gasteiger partial charge < -0.3 is 10.2 Å². The average Bonchev–Trinajstić information content (AvgIpc) is 3.05. The van der Waals surface area contributed by atoms with E-state index in [1.807, 2.05) is 30.3 Å². The Labute approximate surface area is 151 Å². The van der Waals surface area contributed by atoms with E-state index < -0.39 is 0 Å². The molecule has 1 aromatic carbocycles. The van der Waals surface area contributed by atoms with E-state index in [9.17, 15) is 4.79 Å². The monoisotopic (exact) mass is 351 g/mol. The lowest BCUT2D eigenvalue weighted by molar-refractivity contribution is -0.116. The molecule has 0 atom stereocenters. The second kappa shape index (κ2) is 7.07. The van der Waals surface area contributed by atoms with Gasteiger partial charge in [0.15, 0.2) is 0 Å². The molecular weight excluding hydrogens is 330 g/mol. The van der Waals surface area contributed by atoms with Crippen molar-refractivity contribution in [2.24, 2.45) is 5.92 Å². The molecule has 1 fully saturated rings. The van der Waals surface area contributed by atoms with Crippen molar-refractivity contribution < 1.29 is 4.79 Å². The first kappa shape index (κ1) is 16.4. The van der Waals surface area contributed by atoms with Gasteiger partial charge in [-0.3, -0.25) is 4.79 Å². The highest BCUT2D eigenvalue weighted by molar-refractivity contribution is 5.90. The molecular formula is C18H21N7O. The van der Waals surface area contributed by atoms with Crippen LogP contribution in [0.2, 0.25) is 0 Å². The predicted molar refractivity (Wildman–Crippen MR) is 98.8 cm³/mol. The van der Waals surface area contributed by atoms with Crippen molar-refractivity contribution in [3.63, 3.8) is 0 Å². The first-order valence-electron chi connectivity index (χ1n) is 8.84. The largest absolute Gasteiger partial charge is 0.356 e. The third-order valence-electron chi connectivity index (χ3n) is 4.74. The van der Waals surface area contributed by atoms with E-state index >= 15 is 0 Å². The topological polar surface area (TPSA) is 88.8 Å². The van der Waals surface area contributed by atoms with E-state index in [4.69, 9.17) is 0 Å². The molecule has 2 aromatic heterocycles. The van der Waals surface area contributed by atoms with Crippen LogP contribution >= 0.6 is 0 Å². The van der Waals surface area contributed by atoms with E-state index in [-0.39, 0.29) is 12.5 Å². The molecule has 0 spiro atoms. The molecule has 1 N–H and O–H groups in total. The Hall–Kier alpha value is -3.03. The average molecular weight is 351 g/mol. The maximum atomic E-state index is 12.4. The van der Waals surface area contributed by atoms with Crippen LogP contribution in [0.15, 0.2) is 36.7 Å². The fraction of sp³-hybridized carbons (Fsp3) is 0.389. The minimum Gasteiger partial charge on any atom is -0.356 e. The minimum atomic E-state index is -0.197. The summed E-state index contributed by atoms with van der Waals surface area (Å²) in [6.45, 7) is 4.32. The van der Waals surface area contributed by atoms with Crippen LogP contribution in [-0.2, 0) is 11.3 Å². The van der Waals surface area contributed by atoms with Gasteiger partial charge in [-0.05, 0) is 30.9 Å². The van der Waals surface area contributed by atoms with Crippen molar-refractivity contribution in [1.82, 2.24) is 25.0 Å². The van der Waals surface area contributed by atoms with Gasteiger partial charge in [0.1, 0.15) is 30.0 Å². The van der Waals surface area contributed by atoms with E-state index in [0.717, 1.165) is 48.7 Å². The second-order valence-corrected chi connectivity index (χ2v) is 6.71. The van der Waals surface area contributed by atoms with Gasteiger partial charge in [0, 0.05) is 19.2 Å². The molecule has 26 heavy (non-hydrogen) atoms. The molecule has 1 aliphatic rings. The van der Waals surface area contributed by atoms with Crippen LogP contribution in [-0.4, -0.2) is 44.0 Å². The van der Waals surface area contributed by atoms with Crippen molar-refractivity contribution in [3.05, 3.63) is 36.7 Å². The molecule has 0 unspecified atom stereocenters. The number of hydrogen-bond donors (Lipinski definition) is 1. The number of benzene rings is 1. The van der Waals surface area contributed by atoms with Gasteiger partial charge in [-0.2, -0.15) is 0 Å². The van der Waals surface area contributed by atoms with Crippen LogP contribution in [0.1, 0.15) is 19.8 Å². The van der Waals surface area contributed by atoms with E-state index in [1.165, 1.54) is 6.33 Å². The fourth-order valence-corrected chi connectivity index (χ4v) is 3.18. The number of piperidine rings is 1. The van der Waals surface area contributed by atoms with Gasteiger partial charge in [-0.1, -0.05) is 24.3 Å². The standard InChI is InChI=1S/C18H21N7O/c1-13-6-8-24(9-7-13)17-10-16(19-12-20-17)21-18(26)11-25-15-5-3-2-4-14(15)22-23-25/h2-5,10,12-13H,6-9,11H2,1H3,(H,19,20,21,26). The molecule has 1 amide bonds. The summed E-state index contributed by atoms with van der Waals surface area (Å²) in [6.07, 6.45) is 3.81. The molecule has 0 radical (unpaired) electrons. The molecule has 1 saturated heterocycles. The molecule has 1 aliphatic heterocycles. The third kappa shape index (κ3) is 3.49. The highest BCUT2D eigenvalue weighted by Crippen LogP contribution is 2.22. The Morgan fingerprint density at radius 2 is 2.04 bits per heavy atom. The van der Waals surface area contributed by atoms with Gasteiger partial charge in [0.25, 0.3) is 0 Å². The van der Waals surface area contributed by atoms with Gasteiger partial charge in [-0.25, -0.2) is 14.6 Å². The lowest BCUT2D eigenvalue weighted by Gasteiger charge is -2.31. The zero-order chi connectivity index (χ0) is 17.9. The summed E-state index contributed by atoms with van der Waals surface area (Å²) in [4.78, 5) is 23.1. The molecule has 3 aromatic rings. The molecule has 3 heterocycles. The number of anilines is 2. The van der Waals surface area contributed by atoms with Gasteiger partial charge >= 0.3 is 0 Å². The van der Waals surface area contributed by atoms with Crippen LogP contribution < -0.4 is 10.2 Å². The first-order valence-corrected chi connectivity index (χ1v) is 8.84. The fourth-order valence-electron chi connectivity index (χ4n) is 3.18. The number of para-hydroxylation sites is 1. The van der Waals surface area contributed by atoms with Crippen LogP contribution in [0.5, 0.6) is 0 Å². The molecule has 4 rings (SSSR count). The van der Waals surface area contributed by atoms with Crippen LogP contribution in [0.25, 0.3) is 11.0 Å². The number of hydrogen-bond acceptors (Lipinski definition) is 6. The lowest BCUT2D eigenvalue weighted by Crippen LogP contribution is -2.33. The summed E-state index contributed by atoms with van der Waals surface area (Å²) >= 11 is 0. The Kier molecular flexibility index (Phi) is 4.47. The number of amides is 1. The van der Waals surface area contributed by atoms with Gasteiger partial charge in [0.05, 0.1) is 5.52 Å². The minimum absolute atomic E-state index is 0.0844. The molecule has 8 heteroatoms. The number of fused-ring (bicyclic) bond motifs is 1. The van der Waals surface area contributed by atoms with Gasteiger partial charge in [0.2, 0.25) is 5.91 Å². The highest BCUT2D eigenvalue weighted by atomic mass is 16.2. The highest BCUT2D eigenvalue weighted by Gasteiger charge is 2.18. The van der Waals surface area contributed by atoms with Crippen molar-refractivity contribution in [1.29, 1.82) is 0 Å². The summed E-state index contributed by atoms with van der Waals surface area (Å²) in [7, 11) is 0. The summed E-state index contributed by atoms with van der Waals surface area (Å²) in [5.74, 6) is 1.92. The quantitative estimate of drug-likeness (QED) is 0.774. The van der Waals surface area contributed by atoms with E-state index in [1.54, 1.807) is 4.68 Å². The normalized spacial score (nSPS) is 15.3. The molecule has 0 aliphatic carbocycles. The number of rotatable bonds is 4. The first-order chi connectivity index (χ1) is 12.7. The van der Waals surface area contributed by atoms with Crippen LogP contribution in [0, 0.1) is 5.92 Å². The summed E-state index contributed by atoms with van der Waals surface area (Å²) in [5, 5.41) is 10.9. The Balaban J connectivity index is 1.43. The van der Waals surface area contributed by atoms with Crippen LogP contribution in [0.3, 0.4) is 0 Å². The summed E-state index contributed by atoms with van der Waals surface area (Å²) < 4.78 is 1.58. The zero-order valence-electron chi connectivity index (χ0n) is 14.7. The Morgan fingerprint density at radius 3 is 2.88 bits per heavy atom. The SMILES string of the molecule is CC1CCN(c2cc(NC(=O)Cn3nnc4ccccc43)ncn2)CC1. The third-order valence-corrected chi connectivity index (χ3v) is 4.74. The van der Waals surface area contributed by atoms with Crippen molar-refractivity contribution in [3.8, 4) is 0 Å². The van der Waals surface area contributed by atoms with Crippen molar-refractivity contribution in [2.45, 2.75) is 26.3 Å². The van der Waals surface area contributed by atoms with Crippen molar-refractivity contribution >= 4 is 28.6 Å². The molecule has 0 saturated carbocycles. The number of carbonyl (C=O) groups excluding carboxylic acids is 1. The number of nitrogens with zero attached hydrogens (tertiary/aromatic N) is 6. The Bertz CT molecular complexity index is 915. The van der Waals surface area contributed by atoms with E-state index in [2.05, 4.69) is 37.4 Å². The molecule has 0 bridgehead atoms. The number of nitrogens with one attached hydrogen (secondary N) is 1. The lowest BCUT2D eigenvalue weighted by atomic mass is 9.99. The summed E-state index contributed by atoms with van der Waals surface area (Å²) in [6, 6.07) is 9.38. The molecule has 134 valence electrons.